The minimum absolute atomic E-state index is 0.471. The number of nitriles is 1. The minimum atomic E-state index is 0.471. The summed E-state index contributed by atoms with van der Waals surface area (Å²) in [5.74, 6) is 1.06. The molecule has 2 rings (SSSR count). The first-order valence-corrected chi connectivity index (χ1v) is 4.39. The van der Waals surface area contributed by atoms with Crippen molar-refractivity contribution in [2.24, 2.45) is 0 Å². The number of rotatable bonds is 1. The van der Waals surface area contributed by atoms with Crippen LogP contribution in [-0.4, -0.2) is 14.8 Å². The molecule has 0 unspecified atom stereocenters. The van der Waals surface area contributed by atoms with Crippen molar-refractivity contribution in [1.82, 2.24) is 14.8 Å². The third-order valence-electron chi connectivity index (χ3n) is 2.04. The van der Waals surface area contributed by atoms with E-state index in [1.165, 1.54) is 0 Å². The summed E-state index contributed by atoms with van der Waals surface area (Å²) in [4.78, 5) is 4.11. The van der Waals surface area contributed by atoms with Gasteiger partial charge in [-0.1, -0.05) is 0 Å². The van der Waals surface area contributed by atoms with Crippen LogP contribution in [0.15, 0.2) is 24.5 Å². The quantitative estimate of drug-likeness (QED) is 0.743. The fraction of sp³-hybridized carbons (Fsp3) is 0.100. The molecule has 0 aromatic carbocycles. The molecule has 2 N–H and O–H groups in total. The van der Waals surface area contributed by atoms with Crippen LogP contribution >= 0.6 is 0 Å². The zero-order valence-electron chi connectivity index (χ0n) is 8.18. The molecule has 2 heterocycles. The van der Waals surface area contributed by atoms with Gasteiger partial charge in [-0.25, -0.2) is 9.67 Å². The Hall–Kier alpha value is -2.35. The standard InChI is InChI=1S/C10H9N5/c1-7-6-15(14-10(7)12)9-4-8(5-11)2-3-13-9/h2-4,6H,1H3,(H2,12,14). The lowest BCUT2D eigenvalue weighted by Crippen LogP contribution is -1.99. The number of pyridine rings is 1. The molecular formula is C10H9N5. The van der Waals surface area contributed by atoms with Gasteiger partial charge in [0.05, 0.1) is 11.6 Å². The summed E-state index contributed by atoms with van der Waals surface area (Å²) in [6, 6.07) is 5.35. The number of nitrogens with zero attached hydrogens (tertiary/aromatic N) is 4. The lowest BCUT2D eigenvalue weighted by molar-refractivity contribution is 0.850. The molecule has 2 aromatic heterocycles. The molecule has 15 heavy (non-hydrogen) atoms. The molecule has 0 aliphatic heterocycles. The summed E-state index contributed by atoms with van der Waals surface area (Å²) in [5.41, 5.74) is 7.06. The second kappa shape index (κ2) is 3.42. The Balaban J connectivity index is 2.50. The van der Waals surface area contributed by atoms with Crippen molar-refractivity contribution in [3.63, 3.8) is 0 Å². The smallest absolute Gasteiger partial charge is 0.154 e. The van der Waals surface area contributed by atoms with E-state index >= 15 is 0 Å². The van der Waals surface area contributed by atoms with Gasteiger partial charge in [0.1, 0.15) is 5.82 Å². The number of aryl methyl sites for hydroxylation is 1. The number of aromatic nitrogens is 3. The average molecular weight is 199 g/mol. The maximum atomic E-state index is 8.74. The van der Waals surface area contributed by atoms with Crippen LogP contribution in [0.1, 0.15) is 11.1 Å². The molecule has 2 aromatic rings. The fourth-order valence-electron chi connectivity index (χ4n) is 1.20. The van der Waals surface area contributed by atoms with Gasteiger partial charge in [-0.15, -0.1) is 5.10 Å². The van der Waals surface area contributed by atoms with Crippen LogP contribution in [0, 0.1) is 18.3 Å². The predicted molar refractivity (Wildman–Crippen MR) is 55.2 cm³/mol. The molecule has 0 radical (unpaired) electrons. The molecule has 0 fully saturated rings. The van der Waals surface area contributed by atoms with E-state index in [9.17, 15) is 0 Å². The van der Waals surface area contributed by atoms with E-state index in [0.29, 0.717) is 17.2 Å². The molecule has 0 amide bonds. The number of hydrogen-bond donors (Lipinski definition) is 1. The van der Waals surface area contributed by atoms with Crippen molar-refractivity contribution in [3.05, 3.63) is 35.7 Å². The Morgan fingerprint density at radius 3 is 2.93 bits per heavy atom. The maximum Gasteiger partial charge on any atom is 0.154 e. The second-order valence-corrected chi connectivity index (χ2v) is 3.16. The van der Waals surface area contributed by atoms with Crippen molar-refractivity contribution < 1.29 is 0 Å². The summed E-state index contributed by atoms with van der Waals surface area (Å²) in [6.07, 6.45) is 3.35. The van der Waals surface area contributed by atoms with Crippen LogP contribution in [-0.2, 0) is 0 Å². The van der Waals surface area contributed by atoms with E-state index in [1.807, 2.05) is 13.0 Å². The first kappa shape index (κ1) is 9.21. The van der Waals surface area contributed by atoms with E-state index in [2.05, 4.69) is 10.1 Å². The van der Waals surface area contributed by atoms with Crippen LogP contribution in [0.2, 0.25) is 0 Å². The molecule has 0 aliphatic carbocycles. The van der Waals surface area contributed by atoms with E-state index in [-0.39, 0.29) is 0 Å². The Labute approximate surface area is 86.8 Å². The van der Waals surface area contributed by atoms with E-state index in [4.69, 9.17) is 11.0 Å². The van der Waals surface area contributed by atoms with E-state index in [0.717, 1.165) is 5.56 Å². The van der Waals surface area contributed by atoms with Gasteiger partial charge in [0.2, 0.25) is 0 Å². The van der Waals surface area contributed by atoms with Gasteiger partial charge in [-0.05, 0) is 13.0 Å². The monoisotopic (exact) mass is 199 g/mol. The largest absolute Gasteiger partial charge is 0.382 e. The highest BCUT2D eigenvalue weighted by molar-refractivity contribution is 5.40. The maximum absolute atomic E-state index is 8.74. The first-order chi connectivity index (χ1) is 7.20. The minimum Gasteiger partial charge on any atom is -0.382 e. The van der Waals surface area contributed by atoms with Crippen LogP contribution in [0.25, 0.3) is 5.82 Å². The third-order valence-corrected chi connectivity index (χ3v) is 2.04. The molecule has 5 nitrogen and oxygen atoms in total. The summed E-state index contributed by atoms with van der Waals surface area (Å²) < 4.78 is 1.56. The molecule has 5 heteroatoms. The molecule has 0 saturated carbocycles. The Morgan fingerprint density at radius 1 is 1.53 bits per heavy atom. The lowest BCUT2D eigenvalue weighted by Gasteiger charge is -1.98. The van der Waals surface area contributed by atoms with E-state index in [1.54, 1.807) is 29.2 Å². The predicted octanol–water partition coefficient (Wildman–Crippen LogP) is 1.03. The summed E-state index contributed by atoms with van der Waals surface area (Å²) in [7, 11) is 0. The molecule has 74 valence electrons. The molecule has 0 aliphatic rings. The van der Waals surface area contributed by atoms with Crippen molar-refractivity contribution in [1.29, 1.82) is 5.26 Å². The highest BCUT2D eigenvalue weighted by Gasteiger charge is 2.04. The van der Waals surface area contributed by atoms with E-state index < -0.39 is 0 Å². The fourth-order valence-corrected chi connectivity index (χ4v) is 1.20. The van der Waals surface area contributed by atoms with Gasteiger partial charge >= 0.3 is 0 Å². The van der Waals surface area contributed by atoms with Crippen LogP contribution in [0.4, 0.5) is 5.82 Å². The zero-order chi connectivity index (χ0) is 10.8. The Bertz CT molecular complexity index is 515. The van der Waals surface area contributed by atoms with Crippen molar-refractivity contribution in [2.45, 2.75) is 6.92 Å². The zero-order valence-corrected chi connectivity index (χ0v) is 8.18. The average Bonchev–Trinajstić information content (AvgIpc) is 2.59. The molecule has 0 bridgehead atoms. The number of nitrogens with two attached hydrogens (primary N) is 1. The second-order valence-electron chi connectivity index (χ2n) is 3.16. The van der Waals surface area contributed by atoms with Gasteiger partial charge < -0.3 is 5.73 Å². The number of hydrogen-bond acceptors (Lipinski definition) is 4. The third kappa shape index (κ3) is 1.65. The van der Waals surface area contributed by atoms with Crippen LogP contribution in [0.5, 0.6) is 0 Å². The van der Waals surface area contributed by atoms with Gasteiger partial charge in [0, 0.05) is 24.0 Å². The first-order valence-electron chi connectivity index (χ1n) is 4.39. The molecular weight excluding hydrogens is 190 g/mol. The Kier molecular flexibility index (Phi) is 2.10. The number of anilines is 1. The van der Waals surface area contributed by atoms with Gasteiger partial charge in [-0.3, -0.25) is 0 Å². The number of nitrogen functional groups attached to an aromatic ring is 1. The van der Waals surface area contributed by atoms with Crippen molar-refractivity contribution in [3.8, 4) is 11.9 Å². The molecule has 0 saturated heterocycles. The lowest BCUT2D eigenvalue weighted by atomic mass is 10.3. The summed E-state index contributed by atoms with van der Waals surface area (Å²) in [6.45, 7) is 1.87. The normalized spacial score (nSPS) is 9.87. The van der Waals surface area contributed by atoms with Crippen LogP contribution < -0.4 is 5.73 Å². The van der Waals surface area contributed by atoms with Gasteiger partial charge in [0.15, 0.2) is 5.82 Å². The van der Waals surface area contributed by atoms with Crippen molar-refractivity contribution >= 4 is 5.82 Å². The Morgan fingerprint density at radius 2 is 2.33 bits per heavy atom. The topological polar surface area (TPSA) is 80.5 Å². The van der Waals surface area contributed by atoms with Crippen molar-refractivity contribution in [2.75, 3.05) is 5.73 Å². The van der Waals surface area contributed by atoms with Crippen LogP contribution in [0.3, 0.4) is 0 Å². The molecule has 0 atom stereocenters. The summed E-state index contributed by atoms with van der Waals surface area (Å²) >= 11 is 0. The highest BCUT2D eigenvalue weighted by Crippen LogP contribution is 2.11. The van der Waals surface area contributed by atoms with Gasteiger partial charge in [0.25, 0.3) is 0 Å². The molecule has 0 spiro atoms. The van der Waals surface area contributed by atoms with Gasteiger partial charge in [-0.2, -0.15) is 5.26 Å². The summed E-state index contributed by atoms with van der Waals surface area (Å²) in [5, 5.41) is 12.8. The SMILES string of the molecule is Cc1cn(-c2cc(C#N)ccn2)nc1N. The highest BCUT2D eigenvalue weighted by atomic mass is 15.3.